The minimum Gasteiger partial charge on any atom is -0.389 e. The number of H-pyrrole nitrogens is 1. The molecule has 0 atom stereocenters. The van der Waals surface area contributed by atoms with E-state index in [1.54, 1.807) is 6.07 Å². The second kappa shape index (κ2) is 9.68. The first-order valence-electron chi connectivity index (χ1n) is 10.6. The summed E-state index contributed by atoms with van der Waals surface area (Å²) in [5.74, 6) is 0.953. The van der Waals surface area contributed by atoms with Crippen LogP contribution in [0.15, 0.2) is 40.7 Å². The number of aliphatic hydroxyl groups excluding tert-OH is 1. The summed E-state index contributed by atoms with van der Waals surface area (Å²) in [6.45, 7) is 2.62. The monoisotopic (exact) mass is 519 g/mol. The van der Waals surface area contributed by atoms with Gasteiger partial charge in [-0.25, -0.2) is 9.97 Å². The van der Waals surface area contributed by atoms with Crippen LogP contribution in [0.1, 0.15) is 22.5 Å². The highest BCUT2D eigenvalue weighted by Crippen LogP contribution is 2.39. The lowest BCUT2D eigenvalue weighted by atomic mass is 9.99. The number of hydrogen-bond acceptors (Lipinski definition) is 9. The second-order valence-electron chi connectivity index (χ2n) is 8.02. The SMILES string of the molecule is Cc1cc(-c2c(C#N)c(SCc3csc(-c4ccc(Cl)cc4)n3)nc(N3CC(O)C3)c2C#N)n[nH]1. The molecule has 0 unspecified atom stereocenters. The molecular weight excluding hydrogens is 502 g/mol. The number of thioether (sulfide) groups is 1. The summed E-state index contributed by atoms with van der Waals surface area (Å²) in [6.07, 6.45) is -0.465. The van der Waals surface area contributed by atoms with Gasteiger partial charge >= 0.3 is 0 Å². The highest BCUT2D eigenvalue weighted by molar-refractivity contribution is 7.98. The first kappa shape index (κ1) is 23.3. The Labute approximate surface area is 214 Å². The molecule has 2 N–H and O–H groups in total. The molecule has 11 heteroatoms. The molecule has 35 heavy (non-hydrogen) atoms. The van der Waals surface area contributed by atoms with E-state index in [0.717, 1.165) is 22.0 Å². The number of hydrogen-bond donors (Lipinski definition) is 2. The predicted molar refractivity (Wildman–Crippen MR) is 136 cm³/mol. The molecule has 8 nitrogen and oxygen atoms in total. The Kier molecular flexibility index (Phi) is 6.46. The van der Waals surface area contributed by atoms with E-state index in [9.17, 15) is 15.6 Å². The summed E-state index contributed by atoms with van der Waals surface area (Å²) in [6, 6.07) is 13.8. The minimum absolute atomic E-state index is 0.281. The number of thiazole rings is 1. The summed E-state index contributed by atoms with van der Waals surface area (Å²) < 4.78 is 0. The Hall–Kier alpha value is -3.41. The van der Waals surface area contributed by atoms with Gasteiger partial charge in [0, 0.05) is 46.1 Å². The number of aliphatic hydroxyl groups is 1. The Morgan fingerprint density at radius 1 is 1.20 bits per heavy atom. The third-order valence-electron chi connectivity index (χ3n) is 5.49. The van der Waals surface area contributed by atoms with E-state index in [0.29, 0.717) is 51.5 Å². The van der Waals surface area contributed by atoms with Gasteiger partial charge in [-0.2, -0.15) is 15.6 Å². The third-order valence-corrected chi connectivity index (χ3v) is 7.69. The summed E-state index contributed by atoms with van der Waals surface area (Å²) in [5.41, 5.74) is 4.21. The number of benzene rings is 1. The molecule has 4 aromatic rings. The number of anilines is 1. The maximum absolute atomic E-state index is 10.1. The number of nitrogens with zero attached hydrogens (tertiary/aromatic N) is 6. The van der Waals surface area contributed by atoms with Crippen molar-refractivity contribution in [2.45, 2.75) is 23.8 Å². The molecule has 174 valence electrons. The van der Waals surface area contributed by atoms with Crippen LogP contribution in [-0.4, -0.2) is 44.5 Å². The van der Waals surface area contributed by atoms with Crippen LogP contribution < -0.4 is 4.90 Å². The van der Waals surface area contributed by atoms with Crippen LogP contribution in [0, 0.1) is 29.6 Å². The fraction of sp³-hybridized carbons (Fsp3) is 0.208. The van der Waals surface area contributed by atoms with E-state index in [2.05, 4.69) is 22.3 Å². The second-order valence-corrected chi connectivity index (χ2v) is 10.3. The van der Waals surface area contributed by atoms with Gasteiger partial charge in [-0.1, -0.05) is 35.5 Å². The van der Waals surface area contributed by atoms with E-state index < -0.39 is 6.10 Å². The van der Waals surface area contributed by atoms with Gasteiger partial charge in [0.05, 0.1) is 23.1 Å². The van der Waals surface area contributed by atoms with E-state index in [-0.39, 0.29) is 5.56 Å². The first-order chi connectivity index (χ1) is 17.0. The lowest BCUT2D eigenvalue weighted by Gasteiger charge is -2.37. The maximum Gasteiger partial charge on any atom is 0.148 e. The van der Waals surface area contributed by atoms with Crippen molar-refractivity contribution in [3.63, 3.8) is 0 Å². The van der Waals surface area contributed by atoms with Crippen molar-refractivity contribution in [1.82, 2.24) is 20.2 Å². The minimum atomic E-state index is -0.465. The quantitative estimate of drug-likeness (QED) is 0.349. The number of aryl methyl sites for hydroxylation is 1. The van der Waals surface area contributed by atoms with Crippen LogP contribution in [0.3, 0.4) is 0 Å². The average Bonchev–Trinajstić information content (AvgIpc) is 3.49. The normalized spacial score (nSPS) is 13.3. The summed E-state index contributed by atoms with van der Waals surface area (Å²) in [5, 5.41) is 41.1. The van der Waals surface area contributed by atoms with Crippen molar-refractivity contribution in [3.8, 4) is 34.0 Å². The van der Waals surface area contributed by atoms with E-state index in [4.69, 9.17) is 21.6 Å². The van der Waals surface area contributed by atoms with Crippen LogP contribution in [0.5, 0.6) is 0 Å². The molecule has 0 saturated carbocycles. The third kappa shape index (κ3) is 4.62. The van der Waals surface area contributed by atoms with Gasteiger partial charge in [0.1, 0.15) is 33.6 Å². The molecule has 0 radical (unpaired) electrons. The Morgan fingerprint density at radius 3 is 2.57 bits per heavy atom. The first-order valence-corrected chi connectivity index (χ1v) is 12.9. The Morgan fingerprint density at radius 2 is 1.94 bits per heavy atom. The van der Waals surface area contributed by atoms with Gasteiger partial charge in [-0.15, -0.1) is 11.3 Å². The Balaban J connectivity index is 1.51. The smallest absolute Gasteiger partial charge is 0.148 e. The number of β-amino-alcohol motifs (C(OH)–C–C–N with tert-alkyl or cyclic N) is 1. The number of halogens is 1. The summed E-state index contributed by atoms with van der Waals surface area (Å²) in [4.78, 5) is 11.3. The number of aromatic nitrogens is 4. The molecule has 5 rings (SSSR count). The Bertz CT molecular complexity index is 1480. The lowest BCUT2D eigenvalue weighted by molar-refractivity contribution is 0.141. The molecule has 4 heterocycles. The van der Waals surface area contributed by atoms with Crippen LogP contribution >= 0.6 is 34.7 Å². The molecule has 1 aliphatic rings. The van der Waals surface area contributed by atoms with Crippen molar-refractivity contribution < 1.29 is 5.11 Å². The highest BCUT2D eigenvalue weighted by Gasteiger charge is 2.32. The molecule has 1 saturated heterocycles. The maximum atomic E-state index is 10.1. The van der Waals surface area contributed by atoms with Crippen molar-refractivity contribution in [2.24, 2.45) is 0 Å². The zero-order chi connectivity index (χ0) is 24.5. The fourth-order valence-corrected chi connectivity index (χ4v) is 5.70. The molecule has 0 spiro atoms. The van der Waals surface area contributed by atoms with Crippen molar-refractivity contribution in [2.75, 3.05) is 18.0 Å². The number of aromatic amines is 1. The average molecular weight is 520 g/mol. The van der Waals surface area contributed by atoms with Crippen LogP contribution in [0.2, 0.25) is 5.02 Å². The molecule has 0 amide bonds. The predicted octanol–water partition coefficient (Wildman–Crippen LogP) is 4.77. The topological polar surface area (TPSA) is 126 Å². The number of nitrogens with one attached hydrogen (secondary N) is 1. The van der Waals surface area contributed by atoms with E-state index in [1.165, 1.54) is 23.1 Å². The largest absolute Gasteiger partial charge is 0.389 e. The molecule has 0 bridgehead atoms. The van der Waals surface area contributed by atoms with E-state index >= 15 is 0 Å². The van der Waals surface area contributed by atoms with Crippen LogP contribution in [0.4, 0.5) is 5.82 Å². The zero-order valence-electron chi connectivity index (χ0n) is 18.5. The highest BCUT2D eigenvalue weighted by atomic mass is 35.5. The number of nitriles is 2. The van der Waals surface area contributed by atoms with Gasteiger partial charge in [0.15, 0.2) is 0 Å². The van der Waals surface area contributed by atoms with Gasteiger partial charge < -0.3 is 10.0 Å². The lowest BCUT2D eigenvalue weighted by Crippen LogP contribution is -2.51. The molecular formula is C24H18ClN7OS2. The molecule has 1 fully saturated rings. The summed E-state index contributed by atoms with van der Waals surface area (Å²) >= 11 is 8.92. The van der Waals surface area contributed by atoms with Crippen molar-refractivity contribution in [1.29, 1.82) is 10.5 Å². The fourth-order valence-electron chi connectivity index (χ4n) is 3.77. The molecule has 3 aromatic heterocycles. The summed E-state index contributed by atoms with van der Waals surface area (Å²) in [7, 11) is 0. The van der Waals surface area contributed by atoms with Crippen LogP contribution in [0.25, 0.3) is 21.8 Å². The van der Waals surface area contributed by atoms with Gasteiger partial charge in [0.2, 0.25) is 0 Å². The number of pyridine rings is 1. The zero-order valence-corrected chi connectivity index (χ0v) is 20.9. The van der Waals surface area contributed by atoms with E-state index in [1.807, 2.05) is 41.5 Å². The molecule has 1 aliphatic heterocycles. The van der Waals surface area contributed by atoms with Gasteiger partial charge in [-0.3, -0.25) is 5.10 Å². The molecule has 1 aromatic carbocycles. The van der Waals surface area contributed by atoms with Crippen molar-refractivity contribution >= 4 is 40.5 Å². The van der Waals surface area contributed by atoms with Gasteiger partial charge in [0.25, 0.3) is 0 Å². The van der Waals surface area contributed by atoms with Crippen molar-refractivity contribution in [3.05, 3.63) is 63.2 Å². The van der Waals surface area contributed by atoms with Gasteiger partial charge in [-0.05, 0) is 25.1 Å². The molecule has 0 aliphatic carbocycles. The number of rotatable bonds is 6. The standard InChI is InChI=1S/C24H18ClN7OS2/c1-13-6-20(31-30-13)21-18(7-26)22(32-9-17(33)10-32)29-24(19(21)8-27)35-12-16-11-34-23(28-16)14-2-4-15(25)5-3-14/h2-6,11,17,33H,9-10,12H2,1H3,(H,30,31). The van der Waals surface area contributed by atoms with Crippen LogP contribution in [-0.2, 0) is 5.75 Å².